The summed E-state index contributed by atoms with van der Waals surface area (Å²) in [5, 5.41) is 13.8. The fourth-order valence-electron chi connectivity index (χ4n) is 2.94. The van der Waals surface area contributed by atoms with E-state index in [2.05, 4.69) is 21.3 Å². The molecular formula is C17H20N4. The summed E-state index contributed by atoms with van der Waals surface area (Å²) in [6.45, 7) is 4.29. The number of fused-ring (bicyclic) bond motifs is 1. The van der Waals surface area contributed by atoms with Crippen LogP contribution >= 0.6 is 0 Å². The van der Waals surface area contributed by atoms with Crippen LogP contribution in [0.3, 0.4) is 0 Å². The summed E-state index contributed by atoms with van der Waals surface area (Å²) in [6, 6.07) is 10.2. The molecule has 4 nitrogen and oxygen atoms in total. The highest BCUT2D eigenvalue weighted by molar-refractivity contribution is 5.93. The van der Waals surface area contributed by atoms with Crippen molar-refractivity contribution in [2.45, 2.75) is 19.3 Å². The van der Waals surface area contributed by atoms with Gasteiger partial charge in [-0.05, 0) is 32.0 Å². The summed E-state index contributed by atoms with van der Waals surface area (Å²) in [4.78, 5) is 6.83. The van der Waals surface area contributed by atoms with Crippen molar-refractivity contribution in [1.82, 2.24) is 9.88 Å². The van der Waals surface area contributed by atoms with Crippen LogP contribution in [0.2, 0.25) is 0 Å². The molecule has 0 aliphatic carbocycles. The van der Waals surface area contributed by atoms with Gasteiger partial charge in [0.25, 0.3) is 0 Å². The predicted octanol–water partition coefficient (Wildman–Crippen LogP) is 3.00. The molecule has 0 bridgehead atoms. The molecule has 1 aliphatic rings. The first-order valence-electron chi connectivity index (χ1n) is 7.62. The maximum Gasteiger partial charge on any atom is 0.103 e. The average molecular weight is 280 g/mol. The van der Waals surface area contributed by atoms with Gasteiger partial charge in [0, 0.05) is 24.7 Å². The van der Waals surface area contributed by atoms with E-state index in [1.54, 1.807) is 6.20 Å². The van der Waals surface area contributed by atoms with Crippen LogP contribution in [0.5, 0.6) is 0 Å². The van der Waals surface area contributed by atoms with E-state index in [-0.39, 0.29) is 0 Å². The van der Waals surface area contributed by atoms with Gasteiger partial charge in [0.05, 0.1) is 16.8 Å². The number of pyridine rings is 1. The third kappa shape index (κ3) is 3.14. The number of nitrogens with one attached hydrogen (secondary N) is 1. The molecule has 2 heterocycles. The molecule has 0 amide bonds. The minimum atomic E-state index is 0.618. The van der Waals surface area contributed by atoms with Gasteiger partial charge >= 0.3 is 0 Å². The van der Waals surface area contributed by atoms with Gasteiger partial charge in [-0.1, -0.05) is 24.6 Å². The lowest BCUT2D eigenvalue weighted by Crippen LogP contribution is -2.33. The molecular weight excluding hydrogens is 260 g/mol. The Labute approximate surface area is 125 Å². The number of aromatic nitrogens is 1. The zero-order chi connectivity index (χ0) is 14.5. The SMILES string of the molecule is N#Cc1cnc2ccccc2c1NCCN1CCCCC1. The summed E-state index contributed by atoms with van der Waals surface area (Å²) in [5.74, 6) is 0. The van der Waals surface area contributed by atoms with Crippen LogP contribution < -0.4 is 5.32 Å². The summed E-state index contributed by atoms with van der Waals surface area (Å²) in [6.07, 6.45) is 5.63. The van der Waals surface area contributed by atoms with Crippen LogP contribution in [0.4, 0.5) is 5.69 Å². The molecule has 0 saturated carbocycles. The van der Waals surface area contributed by atoms with Gasteiger partial charge in [0.15, 0.2) is 0 Å². The second kappa shape index (κ2) is 6.55. The molecule has 1 fully saturated rings. The standard InChI is InChI=1S/C17H20N4/c18-12-14-13-20-16-7-3-2-6-15(16)17(14)19-8-11-21-9-4-1-5-10-21/h2-3,6-7,13H,1,4-5,8-11H2,(H,19,20). The topological polar surface area (TPSA) is 52.0 Å². The summed E-state index contributed by atoms with van der Waals surface area (Å²) in [7, 11) is 0. The maximum absolute atomic E-state index is 9.29. The molecule has 1 saturated heterocycles. The van der Waals surface area contributed by atoms with E-state index in [1.165, 1.54) is 32.4 Å². The quantitative estimate of drug-likeness (QED) is 0.935. The highest BCUT2D eigenvalue weighted by Crippen LogP contribution is 2.25. The van der Waals surface area contributed by atoms with Crippen molar-refractivity contribution in [2.24, 2.45) is 0 Å². The molecule has 21 heavy (non-hydrogen) atoms. The van der Waals surface area contributed by atoms with Crippen molar-refractivity contribution >= 4 is 16.6 Å². The van der Waals surface area contributed by atoms with E-state index in [9.17, 15) is 5.26 Å². The number of nitriles is 1. The van der Waals surface area contributed by atoms with Gasteiger partial charge in [-0.3, -0.25) is 4.98 Å². The van der Waals surface area contributed by atoms with Gasteiger partial charge in [0.1, 0.15) is 6.07 Å². The molecule has 2 aromatic rings. The lowest BCUT2D eigenvalue weighted by atomic mass is 10.1. The van der Waals surface area contributed by atoms with Gasteiger partial charge < -0.3 is 10.2 Å². The lowest BCUT2D eigenvalue weighted by Gasteiger charge is -2.26. The second-order valence-corrected chi connectivity index (χ2v) is 5.50. The Morgan fingerprint density at radius 2 is 2.00 bits per heavy atom. The molecule has 0 atom stereocenters. The first kappa shape index (κ1) is 13.8. The van der Waals surface area contributed by atoms with Crippen LogP contribution in [0.15, 0.2) is 30.5 Å². The number of para-hydroxylation sites is 1. The highest BCUT2D eigenvalue weighted by atomic mass is 15.1. The Morgan fingerprint density at radius 3 is 2.81 bits per heavy atom. The monoisotopic (exact) mass is 280 g/mol. The third-order valence-corrected chi connectivity index (χ3v) is 4.07. The Bertz CT molecular complexity index is 653. The van der Waals surface area contributed by atoms with Crippen molar-refractivity contribution < 1.29 is 0 Å². The fraction of sp³-hybridized carbons (Fsp3) is 0.412. The summed E-state index contributed by atoms with van der Waals surface area (Å²) >= 11 is 0. The molecule has 0 unspecified atom stereocenters. The highest BCUT2D eigenvalue weighted by Gasteiger charge is 2.11. The molecule has 3 rings (SSSR count). The van der Waals surface area contributed by atoms with Crippen molar-refractivity contribution in [3.05, 3.63) is 36.0 Å². The number of anilines is 1. The minimum absolute atomic E-state index is 0.618. The molecule has 1 aromatic carbocycles. The smallest absolute Gasteiger partial charge is 0.103 e. The van der Waals surface area contributed by atoms with Crippen molar-refractivity contribution in [1.29, 1.82) is 5.26 Å². The molecule has 1 aromatic heterocycles. The molecule has 1 N–H and O–H groups in total. The zero-order valence-corrected chi connectivity index (χ0v) is 12.2. The van der Waals surface area contributed by atoms with E-state index < -0.39 is 0 Å². The number of benzene rings is 1. The normalized spacial score (nSPS) is 15.8. The Balaban J connectivity index is 1.74. The number of piperidine rings is 1. The second-order valence-electron chi connectivity index (χ2n) is 5.50. The van der Waals surface area contributed by atoms with Gasteiger partial charge in [-0.2, -0.15) is 5.26 Å². The predicted molar refractivity (Wildman–Crippen MR) is 85.2 cm³/mol. The van der Waals surface area contributed by atoms with Crippen molar-refractivity contribution in [3.63, 3.8) is 0 Å². The van der Waals surface area contributed by atoms with Gasteiger partial charge in [-0.25, -0.2) is 0 Å². The number of nitrogens with zero attached hydrogens (tertiary/aromatic N) is 3. The van der Waals surface area contributed by atoms with Crippen LogP contribution in [0, 0.1) is 11.3 Å². The number of hydrogen-bond donors (Lipinski definition) is 1. The molecule has 4 heteroatoms. The average Bonchev–Trinajstić information content (AvgIpc) is 2.56. The van der Waals surface area contributed by atoms with E-state index >= 15 is 0 Å². The Kier molecular flexibility index (Phi) is 4.32. The largest absolute Gasteiger partial charge is 0.382 e. The number of rotatable bonds is 4. The fourth-order valence-corrected chi connectivity index (χ4v) is 2.94. The zero-order valence-electron chi connectivity index (χ0n) is 12.2. The van der Waals surface area contributed by atoms with E-state index in [1.807, 2.05) is 24.3 Å². The van der Waals surface area contributed by atoms with Crippen LogP contribution in [0.1, 0.15) is 24.8 Å². The molecule has 108 valence electrons. The first-order chi connectivity index (χ1) is 10.4. The van der Waals surface area contributed by atoms with Gasteiger partial charge in [-0.15, -0.1) is 0 Å². The van der Waals surface area contributed by atoms with E-state index in [4.69, 9.17) is 0 Å². The minimum Gasteiger partial charge on any atom is -0.382 e. The van der Waals surface area contributed by atoms with Crippen molar-refractivity contribution in [3.8, 4) is 6.07 Å². The van der Waals surface area contributed by atoms with E-state index in [0.29, 0.717) is 5.56 Å². The van der Waals surface area contributed by atoms with Crippen LogP contribution in [0.25, 0.3) is 10.9 Å². The van der Waals surface area contributed by atoms with Crippen molar-refractivity contribution in [2.75, 3.05) is 31.5 Å². The van der Waals surface area contributed by atoms with Crippen LogP contribution in [-0.4, -0.2) is 36.1 Å². The summed E-state index contributed by atoms with van der Waals surface area (Å²) < 4.78 is 0. The Hall–Kier alpha value is -2.12. The van der Waals surface area contributed by atoms with E-state index in [0.717, 1.165) is 29.7 Å². The molecule has 0 radical (unpaired) electrons. The lowest BCUT2D eigenvalue weighted by molar-refractivity contribution is 0.237. The third-order valence-electron chi connectivity index (χ3n) is 4.07. The van der Waals surface area contributed by atoms with Crippen LogP contribution in [-0.2, 0) is 0 Å². The number of hydrogen-bond acceptors (Lipinski definition) is 4. The molecule has 0 spiro atoms. The molecule has 1 aliphatic heterocycles. The number of likely N-dealkylation sites (tertiary alicyclic amines) is 1. The Morgan fingerprint density at radius 1 is 1.19 bits per heavy atom. The van der Waals surface area contributed by atoms with Gasteiger partial charge in [0.2, 0.25) is 0 Å². The first-order valence-corrected chi connectivity index (χ1v) is 7.62. The maximum atomic E-state index is 9.29. The summed E-state index contributed by atoms with van der Waals surface area (Å²) in [5.41, 5.74) is 2.46.